The van der Waals surface area contributed by atoms with Gasteiger partial charge >= 0.3 is 0 Å². The first kappa shape index (κ1) is 12.9. The second-order valence-corrected chi connectivity index (χ2v) is 4.80. The van der Waals surface area contributed by atoms with Crippen LogP contribution >= 0.6 is 11.8 Å². The van der Waals surface area contributed by atoms with Crippen LogP contribution in [0.15, 0.2) is 59.8 Å². The van der Waals surface area contributed by atoms with Crippen LogP contribution in [0, 0.1) is 0 Å². The van der Waals surface area contributed by atoms with Crippen molar-refractivity contribution in [1.82, 2.24) is 4.98 Å². The van der Waals surface area contributed by atoms with Gasteiger partial charge in [-0.05, 0) is 24.3 Å². The van der Waals surface area contributed by atoms with Crippen LogP contribution in [0.5, 0.6) is 5.75 Å². The molecule has 1 aromatic carbocycles. The van der Waals surface area contributed by atoms with E-state index in [2.05, 4.69) is 4.98 Å². The number of benzene rings is 1. The molecule has 0 aliphatic rings. The summed E-state index contributed by atoms with van der Waals surface area (Å²) in [5.41, 5.74) is 0. The average Bonchev–Trinajstić information content (AvgIpc) is 2.45. The van der Waals surface area contributed by atoms with Gasteiger partial charge in [-0.25, -0.2) is 4.98 Å². The fourth-order valence-electron chi connectivity index (χ4n) is 1.37. The Morgan fingerprint density at radius 1 is 1.11 bits per heavy atom. The van der Waals surface area contributed by atoms with Crippen LogP contribution in [0.25, 0.3) is 0 Å². The van der Waals surface area contributed by atoms with E-state index in [1.807, 2.05) is 48.5 Å². The van der Waals surface area contributed by atoms with Crippen molar-refractivity contribution in [2.24, 2.45) is 0 Å². The van der Waals surface area contributed by atoms with Crippen LogP contribution in [0.3, 0.4) is 0 Å². The Morgan fingerprint density at radius 3 is 2.61 bits per heavy atom. The molecule has 18 heavy (non-hydrogen) atoms. The van der Waals surface area contributed by atoms with Gasteiger partial charge in [-0.15, -0.1) is 11.8 Å². The number of hydrogen-bond donors (Lipinski definition) is 1. The van der Waals surface area contributed by atoms with Crippen molar-refractivity contribution in [2.45, 2.75) is 11.1 Å². The van der Waals surface area contributed by atoms with E-state index in [1.54, 1.807) is 6.20 Å². The Kier molecular flexibility index (Phi) is 5.05. The predicted octanol–water partition coefficient (Wildman–Crippen LogP) is 2.61. The Morgan fingerprint density at radius 2 is 1.89 bits per heavy atom. The van der Waals surface area contributed by atoms with Gasteiger partial charge in [-0.2, -0.15) is 0 Å². The molecular weight excluding hydrogens is 246 g/mol. The third-order valence-electron chi connectivity index (χ3n) is 2.25. The molecule has 1 aromatic heterocycles. The third kappa shape index (κ3) is 4.39. The average molecular weight is 261 g/mol. The number of thioether (sulfide) groups is 1. The largest absolute Gasteiger partial charge is 0.491 e. The lowest BCUT2D eigenvalue weighted by Crippen LogP contribution is -2.20. The predicted molar refractivity (Wildman–Crippen MR) is 72.9 cm³/mol. The first-order valence-electron chi connectivity index (χ1n) is 5.74. The molecule has 0 saturated carbocycles. The number of hydrogen-bond acceptors (Lipinski definition) is 4. The topological polar surface area (TPSA) is 42.4 Å². The van der Waals surface area contributed by atoms with Gasteiger partial charge in [0, 0.05) is 11.9 Å². The fraction of sp³-hybridized carbons (Fsp3) is 0.214. The third-order valence-corrected chi connectivity index (χ3v) is 3.34. The van der Waals surface area contributed by atoms with Gasteiger partial charge in [0.15, 0.2) is 0 Å². The number of aromatic nitrogens is 1. The number of para-hydroxylation sites is 1. The van der Waals surface area contributed by atoms with Crippen LogP contribution in [0.2, 0.25) is 0 Å². The van der Waals surface area contributed by atoms with E-state index >= 15 is 0 Å². The second kappa shape index (κ2) is 7.03. The molecule has 2 aromatic rings. The normalized spacial score (nSPS) is 12.1. The summed E-state index contributed by atoms with van der Waals surface area (Å²) < 4.78 is 5.47. The van der Waals surface area contributed by atoms with E-state index in [0.29, 0.717) is 12.4 Å². The number of ether oxygens (including phenoxy) is 1. The Labute approximate surface area is 111 Å². The van der Waals surface area contributed by atoms with E-state index in [4.69, 9.17) is 4.74 Å². The Bertz CT molecular complexity index is 406. The van der Waals surface area contributed by atoms with Gasteiger partial charge < -0.3 is 9.84 Å². The molecule has 0 spiro atoms. The number of aliphatic hydroxyl groups excluding tert-OH is 1. The molecule has 0 saturated heterocycles. The maximum Gasteiger partial charge on any atom is 0.119 e. The minimum Gasteiger partial charge on any atom is -0.491 e. The van der Waals surface area contributed by atoms with Crippen LogP contribution in [0.4, 0.5) is 0 Å². The molecule has 1 N–H and O–H groups in total. The highest BCUT2D eigenvalue weighted by Gasteiger charge is 2.06. The highest BCUT2D eigenvalue weighted by atomic mass is 32.2. The van der Waals surface area contributed by atoms with Gasteiger partial charge in [0.25, 0.3) is 0 Å². The van der Waals surface area contributed by atoms with Crippen LogP contribution in [-0.4, -0.2) is 28.6 Å². The molecule has 2 rings (SSSR count). The second-order valence-electron chi connectivity index (χ2n) is 3.76. The van der Waals surface area contributed by atoms with Crippen LogP contribution in [-0.2, 0) is 0 Å². The summed E-state index contributed by atoms with van der Waals surface area (Å²) in [4.78, 5) is 4.18. The highest BCUT2D eigenvalue weighted by molar-refractivity contribution is 7.99. The molecular formula is C14H15NO2S. The van der Waals surface area contributed by atoms with Gasteiger partial charge in [0.2, 0.25) is 0 Å². The summed E-state index contributed by atoms with van der Waals surface area (Å²) >= 11 is 1.52. The minimum absolute atomic E-state index is 0.295. The number of rotatable bonds is 6. The zero-order chi connectivity index (χ0) is 12.6. The summed E-state index contributed by atoms with van der Waals surface area (Å²) in [6.07, 6.45) is 1.24. The molecule has 94 valence electrons. The number of nitrogens with zero attached hydrogens (tertiary/aromatic N) is 1. The van der Waals surface area contributed by atoms with Crippen LogP contribution in [0.1, 0.15) is 0 Å². The smallest absolute Gasteiger partial charge is 0.119 e. The molecule has 0 bridgehead atoms. The summed E-state index contributed by atoms with van der Waals surface area (Å²) in [5.74, 6) is 1.35. The molecule has 0 aliphatic heterocycles. The lowest BCUT2D eigenvalue weighted by Gasteiger charge is -2.11. The highest BCUT2D eigenvalue weighted by Crippen LogP contribution is 2.16. The summed E-state index contributed by atoms with van der Waals surface area (Å²) in [7, 11) is 0. The van der Waals surface area contributed by atoms with Crippen LogP contribution < -0.4 is 4.74 Å². The summed E-state index contributed by atoms with van der Waals surface area (Å²) in [6.45, 7) is 0.295. The molecule has 1 heterocycles. The standard InChI is InChI=1S/C14H15NO2S/c16-12(10-17-13-6-2-1-3-7-13)11-18-14-8-4-5-9-15-14/h1-9,12,16H,10-11H2/t12-/m1/s1. The van der Waals surface area contributed by atoms with Crippen molar-refractivity contribution in [3.63, 3.8) is 0 Å². The lowest BCUT2D eigenvalue weighted by molar-refractivity contribution is 0.126. The van der Waals surface area contributed by atoms with Crippen molar-refractivity contribution in [3.8, 4) is 5.75 Å². The molecule has 0 radical (unpaired) electrons. The molecule has 0 fully saturated rings. The fourth-order valence-corrected chi connectivity index (χ4v) is 2.14. The first-order valence-corrected chi connectivity index (χ1v) is 6.73. The van der Waals surface area contributed by atoms with E-state index in [0.717, 1.165) is 10.8 Å². The van der Waals surface area contributed by atoms with Crippen molar-refractivity contribution < 1.29 is 9.84 Å². The molecule has 0 amide bonds. The summed E-state index contributed by atoms with van der Waals surface area (Å²) in [6, 6.07) is 15.2. The zero-order valence-electron chi connectivity index (χ0n) is 9.90. The molecule has 1 atom stereocenters. The Hall–Kier alpha value is -1.52. The van der Waals surface area contributed by atoms with Gasteiger partial charge in [0.1, 0.15) is 12.4 Å². The van der Waals surface area contributed by atoms with E-state index in [1.165, 1.54) is 11.8 Å². The Balaban J connectivity index is 1.71. The molecule has 4 heteroatoms. The van der Waals surface area contributed by atoms with E-state index in [-0.39, 0.29) is 0 Å². The van der Waals surface area contributed by atoms with Crippen molar-refractivity contribution in [2.75, 3.05) is 12.4 Å². The van der Waals surface area contributed by atoms with E-state index < -0.39 is 6.10 Å². The quantitative estimate of drug-likeness (QED) is 0.812. The SMILES string of the molecule is O[C@H](COc1ccccc1)CSc1ccccn1. The molecule has 0 unspecified atom stereocenters. The first-order chi connectivity index (χ1) is 8.84. The van der Waals surface area contributed by atoms with Crippen molar-refractivity contribution >= 4 is 11.8 Å². The number of aliphatic hydroxyl groups is 1. The minimum atomic E-state index is -0.503. The van der Waals surface area contributed by atoms with Crippen molar-refractivity contribution in [3.05, 3.63) is 54.7 Å². The zero-order valence-corrected chi connectivity index (χ0v) is 10.7. The van der Waals surface area contributed by atoms with Gasteiger partial charge in [0.05, 0.1) is 11.1 Å². The maximum atomic E-state index is 9.80. The number of pyridine rings is 1. The summed E-state index contributed by atoms with van der Waals surface area (Å²) in [5, 5.41) is 10.7. The maximum absolute atomic E-state index is 9.80. The van der Waals surface area contributed by atoms with Crippen molar-refractivity contribution in [1.29, 1.82) is 0 Å². The molecule has 0 aliphatic carbocycles. The lowest BCUT2D eigenvalue weighted by atomic mass is 10.3. The van der Waals surface area contributed by atoms with Gasteiger partial charge in [-0.3, -0.25) is 0 Å². The van der Waals surface area contributed by atoms with E-state index in [9.17, 15) is 5.11 Å². The van der Waals surface area contributed by atoms with Gasteiger partial charge in [-0.1, -0.05) is 24.3 Å². The monoisotopic (exact) mass is 261 g/mol. The molecule has 3 nitrogen and oxygen atoms in total.